The van der Waals surface area contributed by atoms with E-state index in [1.807, 2.05) is 6.92 Å². The van der Waals surface area contributed by atoms with Crippen LogP contribution < -0.4 is 5.73 Å². The highest BCUT2D eigenvalue weighted by molar-refractivity contribution is 4.86. The maximum Gasteiger partial charge on any atom is 0.0517 e. The second-order valence-corrected chi connectivity index (χ2v) is 3.96. The Hall–Kier alpha value is -0.0800. The van der Waals surface area contributed by atoms with E-state index in [1.54, 1.807) is 0 Å². The van der Waals surface area contributed by atoms with Crippen LogP contribution in [0.25, 0.3) is 0 Å². The highest BCUT2D eigenvalue weighted by Crippen LogP contribution is 2.40. The van der Waals surface area contributed by atoms with Crippen LogP contribution in [0.3, 0.4) is 0 Å². The van der Waals surface area contributed by atoms with Crippen LogP contribution in [-0.2, 0) is 0 Å². The lowest BCUT2D eigenvalue weighted by Crippen LogP contribution is -2.30. The van der Waals surface area contributed by atoms with E-state index < -0.39 is 0 Å². The highest BCUT2D eigenvalue weighted by atomic mass is 16.3. The standard InChI is InChI=1S/C9H19NO/c1-8(11)6-9(7-10)4-2-3-5-9/h8,11H,2-7,10H2,1H3. The molecule has 1 aliphatic rings. The van der Waals surface area contributed by atoms with Gasteiger partial charge < -0.3 is 10.8 Å². The summed E-state index contributed by atoms with van der Waals surface area (Å²) in [7, 11) is 0. The van der Waals surface area contributed by atoms with Gasteiger partial charge in [0.05, 0.1) is 6.10 Å². The van der Waals surface area contributed by atoms with Gasteiger partial charge in [0.2, 0.25) is 0 Å². The Balaban J connectivity index is 2.45. The van der Waals surface area contributed by atoms with E-state index in [4.69, 9.17) is 5.73 Å². The second-order valence-electron chi connectivity index (χ2n) is 3.96. The van der Waals surface area contributed by atoms with Crippen LogP contribution in [-0.4, -0.2) is 17.8 Å². The topological polar surface area (TPSA) is 46.2 Å². The fourth-order valence-electron chi connectivity index (χ4n) is 2.24. The summed E-state index contributed by atoms with van der Waals surface area (Å²) in [5.74, 6) is 0. The molecule has 11 heavy (non-hydrogen) atoms. The van der Waals surface area contributed by atoms with Gasteiger partial charge >= 0.3 is 0 Å². The van der Waals surface area contributed by atoms with Gasteiger partial charge in [-0.2, -0.15) is 0 Å². The van der Waals surface area contributed by atoms with Crippen LogP contribution in [0.4, 0.5) is 0 Å². The Morgan fingerprint density at radius 3 is 2.36 bits per heavy atom. The van der Waals surface area contributed by atoms with Crippen molar-refractivity contribution in [3.05, 3.63) is 0 Å². The SMILES string of the molecule is CC(O)CC1(CN)CCCC1. The molecular formula is C9H19NO. The molecule has 1 aliphatic carbocycles. The minimum atomic E-state index is -0.184. The van der Waals surface area contributed by atoms with Crippen molar-refractivity contribution >= 4 is 0 Å². The van der Waals surface area contributed by atoms with Crippen molar-refractivity contribution < 1.29 is 5.11 Å². The number of hydrogen-bond donors (Lipinski definition) is 2. The van der Waals surface area contributed by atoms with Gasteiger partial charge in [0.1, 0.15) is 0 Å². The summed E-state index contributed by atoms with van der Waals surface area (Å²) in [4.78, 5) is 0. The minimum absolute atomic E-state index is 0.184. The molecule has 1 atom stereocenters. The fraction of sp³-hybridized carbons (Fsp3) is 1.00. The molecule has 0 aliphatic heterocycles. The first-order valence-corrected chi connectivity index (χ1v) is 4.57. The smallest absolute Gasteiger partial charge is 0.0517 e. The number of aliphatic hydroxyl groups is 1. The Bertz CT molecular complexity index is 117. The zero-order valence-corrected chi connectivity index (χ0v) is 7.34. The van der Waals surface area contributed by atoms with Crippen LogP contribution in [0.5, 0.6) is 0 Å². The zero-order valence-electron chi connectivity index (χ0n) is 7.34. The lowest BCUT2D eigenvalue weighted by atomic mass is 9.81. The molecule has 1 rings (SSSR count). The molecule has 66 valence electrons. The number of rotatable bonds is 3. The van der Waals surface area contributed by atoms with Crippen LogP contribution >= 0.6 is 0 Å². The molecule has 0 spiro atoms. The molecule has 0 heterocycles. The van der Waals surface area contributed by atoms with Crippen molar-refractivity contribution in [2.75, 3.05) is 6.54 Å². The third kappa shape index (κ3) is 2.17. The lowest BCUT2D eigenvalue weighted by molar-refractivity contribution is 0.117. The average Bonchev–Trinajstić information content (AvgIpc) is 2.36. The van der Waals surface area contributed by atoms with Crippen LogP contribution in [0.2, 0.25) is 0 Å². The van der Waals surface area contributed by atoms with E-state index in [1.165, 1.54) is 25.7 Å². The highest BCUT2D eigenvalue weighted by Gasteiger charge is 2.33. The van der Waals surface area contributed by atoms with Gasteiger partial charge in [-0.15, -0.1) is 0 Å². The number of aliphatic hydroxyl groups excluding tert-OH is 1. The molecular weight excluding hydrogens is 138 g/mol. The van der Waals surface area contributed by atoms with Gasteiger partial charge in [-0.1, -0.05) is 12.8 Å². The monoisotopic (exact) mass is 157 g/mol. The molecule has 1 fully saturated rings. The average molecular weight is 157 g/mol. The number of nitrogens with two attached hydrogens (primary N) is 1. The molecule has 3 N–H and O–H groups in total. The zero-order chi connectivity index (χ0) is 8.32. The quantitative estimate of drug-likeness (QED) is 0.648. The van der Waals surface area contributed by atoms with E-state index in [2.05, 4.69) is 0 Å². The fourth-order valence-corrected chi connectivity index (χ4v) is 2.24. The molecule has 0 aromatic rings. The van der Waals surface area contributed by atoms with Crippen LogP contribution in [0.15, 0.2) is 0 Å². The predicted octanol–water partition coefficient (Wildman–Crippen LogP) is 1.28. The van der Waals surface area contributed by atoms with Gasteiger partial charge in [0, 0.05) is 0 Å². The summed E-state index contributed by atoms with van der Waals surface area (Å²) in [6, 6.07) is 0. The van der Waals surface area contributed by atoms with Crippen molar-refractivity contribution in [3.63, 3.8) is 0 Å². The Labute approximate surface area is 68.8 Å². The van der Waals surface area contributed by atoms with Gasteiger partial charge in [-0.3, -0.25) is 0 Å². The maximum absolute atomic E-state index is 9.25. The van der Waals surface area contributed by atoms with Crippen LogP contribution in [0, 0.1) is 5.41 Å². The normalized spacial score (nSPS) is 25.4. The van der Waals surface area contributed by atoms with Gasteiger partial charge in [-0.05, 0) is 38.1 Å². The second kappa shape index (κ2) is 3.55. The van der Waals surface area contributed by atoms with Gasteiger partial charge in [0.15, 0.2) is 0 Å². The van der Waals surface area contributed by atoms with Crippen molar-refractivity contribution in [1.29, 1.82) is 0 Å². The van der Waals surface area contributed by atoms with E-state index in [9.17, 15) is 5.11 Å². The summed E-state index contributed by atoms with van der Waals surface area (Å²) in [6.45, 7) is 2.60. The summed E-state index contributed by atoms with van der Waals surface area (Å²) in [5.41, 5.74) is 5.99. The summed E-state index contributed by atoms with van der Waals surface area (Å²) >= 11 is 0. The third-order valence-corrected chi connectivity index (χ3v) is 2.83. The third-order valence-electron chi connectivity index (χ3n) is 2.83. The molecule has 0 aromatic heterocycles. The van der Waals surface area contributed by atoms with E-state index in [-0.39, 0.29) is 11.5 Å². The summed E-state index contributed by atoms with van der Waals surface area (Å²) < 4.78 is 0. The molecule has 0 amide bonds. The molecule has 1 saturated carbocycles. The van der Waals surface area contributed by atoms with E-state index in [0.717, 1.165) is 13.0 Å². The Morgan fingerprint density at radius 2 is 2.00 bits per heavy atom. The first kappa shape index (κ1) is 9.01. The van der Waals surface area contributed by atoms with Crippen molar-refractivity contribution in [3.8, 4) is 0 Å². The largest absolute Gasteiger partial charge is 0.393 e. The number of hydrogen-bond acceptors (Lipinski definition) is 2. The lowest BCUT2D eigenvalue weighted by Gasteiger charge is -2.28. The van der Waals surface area contributed by atoms with Crippen LogP contribution in [0.1, 0.15) is 39.0 Å². The minimum Gasteiger partial charge on any atom is -0.393 e. The first-order valence-electron chi connectivity index (χ1n) is 4.57. The van der Waals surface area contributed by atoms with Gasteiger partial charge in [-0.25, -0.2) is 0 Å². The summed E-state index contributed by atoms with van der Waals surface area (Å²) in [6.07, 6.45) is 5.73. The molecule has 1 unspecified atom stereocenters. The molecule has 0 radical (unpaired) electrons. The van der Waals surface area contributed by atoms with Gasteiger partial charge in [0.25, 0.3) is 0 Å². The first-order chi connectivity index (χ1) is 5.18. The molecule has 2 nitrogen and oxygen atoms in total. The Kier molecular flexibility index (Phi) is 2.90. The predicted molar refractivity (Wildman–Crippen MR) is 46.3 cm³/mol. The van der Waals surface area contributed by atoms with Crippen molar-refractivity contribution in [2.45, 2.75) is 45.1 Å². The van der Waals surface area contributed by atoms with E-state index >= 15 is 0 Å². The Morgan fingerprint density at radius 1 is 1.45 bits per heavy atom. The maximum atomic E-state index is 9.25. The molecule has 0 bridgehead atoms. The van der Waals surface area contributed by atoms with Crippen molar-refractivity contribution in [1.82, 2.24) is 0 Å². The van der Waals surface area contributed by atoms with Crippen molar-refractivity contribution in [2.24, 2.45) is 11.1 Å². The molecule has 0 aromatic carbocycles. The summed E-state index contributed by atoms with van der Waals surface area (Å²) in [5, 5.41) is 9.25. The molecule has 0 saturated heterocycles. The van der Waals surface area contributed by atoms with E-state index in [0.29, 0.717) is 0 Å². The molecule has 2 heteroatoms.